The molecule has 0 bridgehead atoms. The highest BCUT2D eigenvalue weighted by molar-refractivity contribution is 6.15. The molecule has 2 aromatic carbocycles. The Morgan fingerprint density at radius 3 is 1.69 bits per heavy atom. The number of rotatable bonds is 6. The largest absolute Gasteiger partial charge is 0.504 e. The van der Waals surface area contributed by atoms with Crippen LogP contribution >= 0.6 is 0 Å². The molecule has 6 radical (unpaired) electrons. The molecule has 0 aliphatic carbocycles. The summed E-state index contributed by atoms with van der Waals surface area (Å²) in [5.74, 6) is 1.07. The van der Waals surface area contributed by atoms with Gasteiger partial charge in [-0.25, -0.2) is 0 Å². The fourth-order valence-corrected chi connectivity index (χ4v) is 2.21. The molecular weight excluding hydrogens is 372 g/mol. The van der Waals surface area contributed by atoms with E-state index < -0.39 is 0 Å². The van der Waals surface area contributed by atoms with E-state index in [1.807, 2.05) is 0 Å². The van der Waals surface area contributed by atoms with Gasteiger partial charge in [0, 0.05) is 11.1 Å². The van der Waals surface area contributed by atoms with E-state index >= 15 is 0 Å². The Bertz CT molecular complexity index is 725. The number of phenolic OH excluding ortho intramolecular Hbond substituents is 1. The third-order valence-electron chi connectivity index (χ3n) is 3.37. The number of methoxy groups -OCH3 is 4. The number of hydrogen-bond donors (Lipinski definition) is 1. The van der Waals surface area contributed by atoms with E-state index in [0.717, 1.165) is 0 Å². The second-order valence-electron chi connectivity index (χ2n) is 4.73. The minimum atomic E-state index is -0.290. The Labute approximate surface area is 158 Å². The topological polar surface area (TPSA) is 83.5 Å². The zero-order valence-corrected chi connectivity index (χ0v) is 16.8. The van der Waals surface area contributed by atoms with Gasteiger partial charge in [0.2, 0.25) is 26.7 Å². The quantitative estimate of drug-likeness (QED) is 0.595. The second-order valence-corrected chi connectivity index (χ2v) is 5.55. The molecular formula is C17H18O7Si2. The number of hydrogen-bond acceptors (Lipinski definition) is 7. The molecule has 2 rings (SSSR count). The first-order valence-corrected chi connectivity index (χ1v) is 7.99. The van der Waals surface area contributed by atoms with Crippen molar-refractivity contribution < 1.29 is 33.0 Å². The van der Waals surface area contributed by atoms with E-state index in [1.165, 1.54) is 40.6 Å². The Kier molecular flexibility index (Phi) is 8.69. The van der Waals surface area contributed by atoms with Gasteiger partial charge < -0.3 is 28.2 Å². The van der Waals surface area contributed by atoms with Crippen molar-refractivity contribution in [1.82, 2.24) is 0 Å². The fraction of sp³-hybridized carbons (Fsp3) is 0.235. The van der Waals surface area contributed by atoms with Gasteiger partial charge in [0.15, 0.2) is 28.8 Å². The lowest BCUT2D eigenvalue weighted by molar-refractivity contribution is 0.103. The van der Waals surface area contributed by atoms with Crippen molar-refractivity contribution in [3.05, 3.63) is 41.5 Å². The predicted molar refractivity (Wildman–Crippen MR) is 96.8 cm³/mol. The molecule has 0 saturated carbocycles. The molecule has 0 spiro atoms. The summed E-state index contributed by atoms with van der Waals surface area (Å²) in [5, 5.41) is 9.82. The molecule has 1 N–H and O–H groups in total. The van der Waals surface area contributed by atoms with Crippen LogP contribution in [-0.4, -0.2) is 60.3 Å². The Balaban J connectivity index is 0.00000105. The maximum Gasteiger partial charge on any atom is 0.229 e. The zero-order chi connectivity index (χ0) is 19.7. The number of ether oxygens (including phenoxy) is 4. The lowest BCUT2D eigenvalue weighted by atomic mass is 10.0. The summed E-state index contributed by atoms with van der Waals surface area (Å²) >= 11 is 0. The van der Waals surface area contributed by atoms with Crippen molar-refractivity contribution in [2.45, 2.75) is 0 Å². The lowest BCUT2D eigenvalue weighted by Gasteiger charge is -2.14. The second kappa shape index (κ2) is 10.5. The smallest absolute Gasteiger partial charge is 0.229 e. The summed E-state index contributed by atoms with van der Waals surface area (Å²) in [6.07, 6.45) is 0. The van der Waals surface area contributed by atoms with Crippen molar-refractivity contribution in [2.24, 2.45) is 0 Å². The van der Waals surface area contributed by atoms with Crippen LogP contribution in [0.15, 0.2) is 30.3 Å². The summed E-state index contributed by atoms with van der Waals surface area (Å²) in [7, 11) is 11.1. The van der Waals surface area contributed by atoms with Gasteiger partial charge in [-0.05, 0) is 30.3 Å². The van der Waals surface area contributed by atoms with Crippen molar-refractivity contribution in [1.29, 1.82) is 0 Å². The fourth-order valence-electron chi connectivity index (χ4n) is 2.21. The molecule has 7 nitrogen and oxygen atoms in total. The molecule has 136 valence electrons. The average molecular weight is 390 g/mol. The summed E-state index contributed by atoms with van der Waals surface area (Å²) in [6.45, 7) is 0. The SMILES string of the molecule is COc1ccc(C(=O)c2cc(OC)c(OC)c(OC)c2)cc1O.[Si]O[Si]. The maximum atomic E-state index is 12.6. The normalized spacial score (nSPS) is 9.62. The molecule has 0 amide bonds. The summed E-state index contributed by atoms with van der Waals surface area (Å²) < 4.78 is 24.5. The van der Waals surface area contributed by atoms with Gasteiger partial charge in [-0.2, -0.15) is 0 Å². The number of phenols is 1. The first-order chi connectivity index (χ1) is 12.5. The van der Waals surface area contributed by atoms with Crippen LogP contribution in [0.1, 0.15) is 15.9 Å². The number of carbonyl (C=O) groups excluding carboxylic acids is 1. The standard InChI is InChI=1S/C17H18O6.OSi2/c1-20-13-6-5-10(7-12(13)18)16(19)11-8-14(21-2)17(23-4)15(9-11)22-3;2-1-3/h5-9,18H,1-4H3;. The summed E-state index contributed by atoms with van der Waals surface area (Å²) in [4.78, 5) is 12.6. The molecule has 0 aromatic heterocycles. The van der Waals surface area contributed by atoms with E-state index in [0.29, 0.717) is 34.1 Å². The van der Waals surface area contributed by atoms with E-state index in [2.05, 4.69) is 25.1 Å². The van der Waals surface area contributed by atoms with Gasteiger partial charge in [0.05, 0.1) is 28.4 Å². The maximum absolute atomic E-state index is 12.6. The Hall–Kier alpha value is -2.50. The van der Waals surface area contributed by atoms with Crippen molar-refractivity contribution >= 4 is 26.8 Å². The van der Waals surface area contributed by atoms with E-state index in [4.69, 9.17) is 18.9 Å². The van der Waals surface area contributed by atoms with E-state index in [9.17, 15) is 9.90 Å². The van der Waals surface area contributed by atoms with E-state index in [-0.39, 0.29) is 11.5 Å². The molecule has 0 unspecified atom stereocenters. The molecule has 0 aliphatic rings. The third-order valence-corrected chi connectivity index (χ3v) is 3.37. The predicted octanol–water partition coefficient (Wildman–Crippen LogP) is 1.83. The van der Waals surface area contributed by atoms with Crippen LogP contribution in [0.3, 0.4) is 0 Å². The van der Waals surface area contributed by atoms with Gasteiger partial charge in [-0.1, -0.05) is 0 Å². The van der Waals surface area contributed by atoms with Crippen LogP contribution < -0.4 is 18.9 Å². The average Bonchev–Trinajstić information content (AvgIpc) is 2.66. The van der Waals surface area contributed by atoms with Crippen LogP contribution in [0.4, 0.5) is 0 Å². The molecule has 9 heteroatoms. The summed E-state index contributed by atoms with van der Waals surface area (Å²) in [6, 6.07) is 7.57. The first-order valence-electron chi connectivity index (χ1n) is 7.18. The van der Waals surface area contributed by atoms with Gasteiger partial charge in [0.1, 0.15) is 0 Å². The van der Waals surface area contributed by atoms with Gasteiger partial charge in [0.25, 0.3) is 0 Å². The van der Waals surface area contributed by atoms with Gasteiger partial charge in [-0.3, -0.25) is 4.79 Å². The van der Waals surface area contributed by atoms with Crippen LogP contribution in [0.25, 0.3) is 0 Å². The van der Waals surface area contributed by atoms with Gasteiger partial charge >= 0.3 is 0 Å². The highest BCUT2D eigenvalue weighted by atomic mass is 28.3. The van der Waals surface area contributed by atoms with Crippen LogP contribution in [0.2, 0.25) is 0 Å². The van der Waals surface area contributed by atoms with Crippen molar-refractivity contribution in [3.8, 4) is 28.7 Å². The van der Waals surface area contributed by atoms with Gasteiger partial charge in [-0.15, -0.1) is 0 Å². The molecule has 26 heavy (non-hydrogen) atoms. The monoisotopic (exact) mass is 390 g/mol. The number of carbonyl (C=O) groups is 1. The zero-order valence-electron chi connectivity index (χ0n) is 14.8. The number of ketones is 1. The first kappa shape index (κ1) is 21.5. The minimum Gasteiger partial charge on any atom is -0.504 e. The number of aromatic hydroxyl groups is 1. The highest BCUT2D eigenvalue weighted by Crippen LogP contribution is 2.39. The lowest BCUT2D eigenvalue weighted by Crippen LogP contribution is -2.04. The molecule has 0 fully saturated rings. The molecule has 0 aliphatic heterocycles. The van der Waals surface area contributed by atoms with Crippen LogP contribution in [0, 0.1) is 0 Å². The van der Waals surface area contributed by atoms with Crippen LogP contribution in [0.5, 0.6) is 28.7 Å². The van der Waals surface area contributed by atoms with Crippen LogP contribution in [-0.2, 0) is 4.12 Å². The number of benzene rings is 2. The van der Waals surface area contributed by atoms with Crippen molar-refractivity contribution in [2.75, 3.05) is 28.4 Å². The molecule has 2 aromatic rings. The molecule has 0 saturated heterocycles. The third kappa shape index (κ3) is 5.00. The highest BCUT2D eigenvalue weighted by Gasteiger charge is 2.19. The molecule has 0 atom stereocenters. The molecule has 0 heterocycles. The Morgan fingerprint density at radius 1 is 0.808 bits per heavy atom. The van der Waals surface area contributed by atoms with Crippen molar-refractivity contribution in [3.63, 3.8) is 0 Å². The minimum absolute atomic E-state index is 0.106. The van der Waals surface area contributed by atoms with E-state index in [1.54, 1.807) is 18.2 Å². The summed E-state index contributed by atoms with van der Waals surface area (Å²) in [5.41, 5.74) is 0.668. The Morgan fingerprint density at radius 2 is 1.31 bits per heavy atom.